The predicted octanol–water partition coefficient (Wildman–Crippen LogP) is 2.81. The zero-order valence-electron chi connectivity index (χ0n) is 12.7. The molecule has 0 bridgehead atoms. The number of hydrogen-bond acceptors (Lipinski definition) is 3. The Bertz CT molecular complexity index is 473. The number of halogens is 1. The fourth-order valence-corrected chi connectivity index (χ4v) is 3.03. The fourth-order valence-electron chi connectivity index (χ4n) is 3.03. The second-order valence-corrected chi connectivity index (χ2v) is 5.63. The van der Waals surface area contributed by atoms with Crippen LogP contribution in [0.1, 0.15) is 44.2 Å². The highest BCUT2D eigenvalue weighted by Crippen LogP contribution is 2.38. The normalized spacial score (nSPS) is 17.7. The summed E-state index contributed by atoms with van der Waals surface area (Å²) < 4.78 is 5.35. The molecule has 5 heteroatoms. The lowest BCUT2D eigenvalue weighted by molar-refractivity contribution is -0.131. The number of rotatable bonds is 5. The number of methoxy groups -OCH3 is 1. The van der Waals surface area contributed by atoms with Gasteiger partial charge >= 0.3 is 0 Å². The second-order valence-electron chi connectivity index (χ2n) is 5.63. The average molecular weight is 313 g/mol. The van der Waals surface area contributed by atoms with Crippen molar-refractivity contribution in [1.82, 2.24) is 5.32 Å². The number of hydrogen-bond donors (Lipinski definition) is 2. The molecule has 1 aromatic carbocycles. The lowest BCUT2D eigenvalue weighted by Crippen LogP contribution is -2.45. The summed E-state index contributed by atoms with van der Waals surface area (Å²) in [5.41, 5.74) is 6.48. The van der Waals surface area contributed by atoms with E-state index in [1.54, 1.807) is 7.11 Å². The van der Waals surface area contributed by atoms with Crippen molar-refractivity contribution in [3.63, 3.8) is 0 Å². The van der Waals surface area contributed by atoms with E-state index in [1.165, 1.54) is 0 Å². The Morgan fingerprint density at radius 3 is 2.57 bits per heavy atom. The summed E-state index contributed by atoms with van der Waals surface area (Å²) in [5.74, 6) is 0.879. The number of carbonyl (C=O) groups excluding carboxylic acids is 1. The Morgan fingerprint density at radius 2 is 2.00 bits per heavy atom. The van der Waals surface area contributed by atoms with E-state index < -0.39 is 0 Å². The molecular formula is C16H25ClN2O2. The predicted molar refractivity (Wildman–Crippen MR) is 86.8 cm³/mol. The van der Waals surface area contributed by atoms with Crippen LogP contribution in [-0.2, 0) is 4.79 Å². The van der Waals surface area contributed by atoms with E-state index in [0.29, 0.717) is 6.54 Å². The number of nitrogens with two attached hydrogens (primary N) is 1. The molecule has 1 fully saturated rings. The maximum Gasteiger partial charge on any atom is 0.227 e. The van der Waals surface area contributed by atoms with Gasteiger partial charge < -0.3 is 15.8 Å². The molecule has 1 aliphatic carbocycles. The molecule has 118 valence electrons. The highest BCUT2D eigenvalue weighted by Gasteiger charge is 2.40. The van der Waals surface area contributed by atoms with Crippen molar-refractivity contribution in [2.45, 2.75) is 38.6 Å². The lowest BCUT2D eigenvalue weighted by Gasteiger charge is -2.28. The quantitative estimate of drug-likeness (QED) is 0.878. The van der Waals surface area contributed by atoms with Crippen LogP contribution in [0.5, 0.6) is 5.75 Å². The topological polar surface area (TPSA) is 64.3 Å². The number of amides is 1. The van der Waals surface area contributed by atoms with Crippen LogP contribution in [0.15, 0.2) is 24.3 Å². The van der Waals surface area contributed by atoms with Crippen molar-refractivity contribution in [2.75, 3.05) is 13.7 Å². The van der Waals surface area contributed by atoms with E-state index in [1.807, 2.05) is 31.2 Å². The van der Waals surface area contributed by atoms with E-state index >= 15 is 0 Å². The van der Waals surface area contributed by atoms with Gasteiger partial charge in [-0.25, -0.2) is 0 Å². The van der Waals surface area contributed by atoms with Gasteiger partial charge in [-0.15, -0.1) is 12.4 Å². The molecule has 1 amide bonds. The van der Waals surface area contributed by atoms with Crippen LogP contribution < -0.4 is 15.8 Å². The minimum atomic E-state index is -0.365. The largest absolute Gasteiger partial charge is 0.496 e. The molecule has 0 spiro atoms. The molecule has 0 radical (unpaired) electrons. The van der Waals surface area contributed by atoms with Gasteiger partial charge in [0.2, 0.25) is 5.91 Å². The summed E-state index contributed by atoms with van der Waals surface area (Å²) in [5, 5.41) is 3.11. The number of ether oxygens (including phenoxy) is 1. The summed E-state index contributed by atoms with van der Waals surface area (Å²) in [7, 11) is 1.64. The number of benzene rings is 1. The first kappa shape index (κ1) is 17.8. The van der Waals surface area contributed by atoms with Crippen molar-refractivity contribution in [2.24, 2.45) is 11.1 Å². The molecule has 1 unspecified atom stereocenters. The molecule has 0 aromatic heterocycles. The van der Waals surface area contributed by atoms with Gasteiger partial charge in [0.15, 0.2) is 0 Å². The summed E-state index contributed by atoms with van der Waals surface area (Å²) in [6, 6.07) is 7.69. The first-order valence-electron chi connectivity index (χ1n) is 7.27. The summed E-state index contributed by atoms with van der Waals surface area (Å²) >= 11 is 0. The molecule has 4 nitrogen and oxygen atoms in total. The van der Waals surface area contributed by atoms with Crippen LogP contribution in [0.25, 0.3) is 0 Å². The molecule has 1 aliphatic rings. The van der Waals surface area contributed by atoms with Crippen LogP contribution in [0.4, 0.5) is 0 Å². The summed E-state index contributed by atoms with van der Waals surface area (Å²) in [6.45, 7) is 2.41. The number of carbonyl (C=O) groups is 1. The molecule has 0 aliphatic heterocycles. The van der Waals surface area contributed by atoms with Crippen LogP contribution >= 0.6 is 12.4 Å². The Kier molecular flexibility index (Phi) is 6.49. The standard InChI is InChI=1S/C16H24N2O2.ClH/c1-12(13-7-3-4-8-14(13)20-2)18-15(19)16(11-17)9-5-6-10-16;/h3-4,7-8,12H,5-6,9-11,17H2,1-2H3,(H,18,19);1H. The van der Waals surface area contributed by atoms with Crippen molar-refractivity contribution < 1.29 is 9.53 Å². The van der Waals surface area contributed by atoms with Crippen molar-refractivity contribution >= 4 is 18.3 Å². The smallest absolute Gasteiger partial charge is 0.227 e. The van der Waals surface area contributed by atoms with Gasteiger partial charge in [-0.3, -0.25) is 4.79 Å². The molecule has 1 aromatic rings. The van der Waals surface area contributed by atoms with Gasteiger partial charge in [0.25, 0.3) is 0 Å². The van der Waals surface area contributed by atoms with Gasteiger partial charge in [0, 0.05) is 12.1 Å². The van der Waals surface area contributed by atoms with Crippen LogP contribution in [0.2, 0.25) is 0 Å². The Balaban J connectivity index is 0.00000220. The van der Waals surface area contributed by atoms with Gasteiger partial charge in [-0.05, 0) is 25.8 Å². The highest BCUT2D eigenvalue weighted by molar-refractivity contribution is 5.85. The average Bonchev–Trinajstić information content (AvgIpc) is 2.97. The van der Waals surface area contributed by atoms with Crippen molar-refractivity contribution in [1.29, 1.82) is 0 Å². The minimum Gasteiger partial charge on any atom is -0.496 e. The molecule has 3 N–H and O–H groups in total. The first-order chi connectivity index (χ1) is 9.63. The zero-order chi connectivity index (χ0) is 14.6. The third kappa shape index (κ3) is 3.69. The highest BCUT2D eigenvalue weighted by atomic mass is 35.5. The van der Waals surface area contributed by atoms with Crippen LogP contribution in [0.3, 0.4) is 0 Å². The van der Waals surface area contributed by atoms with Crippen LogP contribution in [0, 0.1) is 5.41 Å². The van der Waals surface area contributed by atoms with E-state index in [2.05, 4.69) is 5.32 Å². The van der Waals surface area contributed by atoms with Gasteiger partial charge in [-0.2, -0.15) is 0 Å². The Hall–Kier alpha value is -1.26. The fraction of sp³-hybridized carbons (Fsp3) is 0.562. The molecule has 1 atom stereocenters. The second kappa shape index (κ2) is 7.66. The lowest BCUT2D eigenvalue weighted by atomic mass is 9.85. The third-order valence-corrected chi connectivity index (χ3v) is 4.39. The number of nitrogens with one attached hydrogen (secondary N) is 1. The molecular weight excluding hydrogens is 288 g/mol. The van der Waals surface area contributed by atoms with E-state index in [9.17, 15) is 4.79 Å². The maximum atomic E-state index is 12.5. The van der Waals surface area contributed by atoms with E-state index in [4.69, 9.17) is 10.5 Å². The van der Waals surface area contributed by atoms with E-state index in [-0.39, 0.29) is 29.8 Å². The van der Waals surface area contributed by atoms with E-state index in [0.717, 1.165) is 37.0 Å². The minimum absolute atomic E-state index is 0. The molecule has 2 rings (SSSR count). The Morgan fingerprint density at radius 1 is 1.38 bits per heavy atom. The maximum absolute atomic E-state index is 12.5. The first-order valence-corrected chi connectivity index (χ1v) is 7.27. The molecule has 0 heterocycles. The van der Waals surface area contributed by atoms with Gasteiger partial charge in [0.05, 0.1) is 18.6 Å². The molecule has 0 saturated heterocycles. The Labute approximate surface area is 132 Å². The summed E-state index contributed by atoms with van der Waals surface area (Å²) in [4.78, 5) is 12.5. The third-order valence-electron chi connectivity index (χ3n) is 4.39. The molecule has 21 heavy (non-hydrogen) atoms. The molecule has 1 saturated carbocycles. The monoisotopic (exact) mass is 312 g/mol. The number of para-hydroxylation sites is 1. The van der Waals surface area contributed by atoms with Crippen LogP contribution in [-0.4, -0.2) is 19.6 Å². The van der Waals surface area contributed by atoms with Gasteiger partial charge in [-0.1, -0.05) is 31.0 Å². The van der Waals surface area contributed by atoms with Crippen molar-refractivity contribution in [3.8, 4) is 5.75 Å². The van der Waals surface area contributed by atoms with Crippen molar-refractivity contribution in [3.05, 3.63) is 29.8 Å². The zero-order valence-corrected chi connectivity index (χ0v) is 13.5. The SMILES string of the molecule is COc1ccccc1C(C)NC(=O)C1(CN)CCCC1.Cl. The summed E-state index contributed by atoms with van der Waals surface area (Å²) in [6.07, 6.45) is 3.98. The van der Waals surface area contributed by atoms with Gasteiger partial charge in [0.1, 0.15) is 5.75 Å².